The number of hydrogen-bond donors (Lipinski definition) is 3. The number of nitrogens with one attached hydrogen (secondary N) is 2. The summed E-state index contributed by atoms with van der Waals surface area (Å²) < 4.78 is 5.55. The van der Waals surface area contributed by atoms with E-state index in [9.17, 15) is 9.59 Å². The van der Waals surface area contributed by atoms with Gasteiger partial charge in [0, 0.05) is 25.1 Å². The van der Waals surface area contributed by atoms with Gasteiger partial charge in [-0.2, -0.15) is 0 Å². The van der Waals surface area contributed by atoms with Gasteiger partial charge in [0.15, 0.2) is 6.04 Å². The molecule has 2 aliphatic rings. The first kappa shape index (κ1) is 18.9. The molecule has 26 heavy (non-hydrogen) atoms. The molecule has 142 valence electrons. The van der Waals surface area contributed by atoms with Crippen molar-refractivity contribution in [2.24, 2.45) is 5.92 Å². The zero-order valence-electron chi connectivity index (χ0n) is 15.7. The molecule has 6 heteroatoms. The van der Waals surface area contributed by atoms with E-state index >= 15 is 0 Å². The molecule has 2 aliphatic heterocycles. The molecular weight excluding hydrogens is 330 g/mol. The van der Waals surface area contributed by atoms with Crippen molar-refractivity contribution in [1.29, 1.82) is 0 Å². The smallest absolute Gasteiger partial charge is 0.279 e. The van der Waals surface area contributed by atoms with Crippen LogP contribution in [0.2, 0.25) is 0 Å². The molecule has 0 unspecified atom stereocenters. The van der Waals surface area contributed by atoms with E-state index in [1.54, 1.807) is 0 Å². The van der Waals surface area contributed by atoms with Crippen LogP contribution in [0, 0.1) is 5.92 Å². The normalized spacial score (nSPS) is 23.3. The van der Waals surface area contributed by atoms with E-state index in [1.807, 2.05) is 26.0 Å². The fourth-order valence-corrected chi connectivity index (χ4v) is 3.67. The molecule has 4 N–H and O–H groups in total. The predicted octanol–water partition coefficient (Wildman–Crippen LogP) is 0.111. The van der Waals surface area contributed by atoms with E-state index in [0.29, 0.717) is 13.0 Å². The lowest BCUT2D eigenvalue weighted by Gasteiger charge is -2.26. The average Bonchev–Trinajstić information content (AvgIpc) is 3.17. The van der Waals surface area contributed by atoms with Crippen LogP contribution in [0.25, 0.3) is 0 Å². The van der Waals surface area contributed by atoms with Crippen LogP contribution in [0.1, 0.15) is 37.8 Å². The molecule has 3 atom stereocenters. The molecule has 1 saturated heterocycles. The van der Waals surface area contributed by atoms with E-state index in [2.05, 4.69) is 28.1 Å². The van der Waals surface area contributed by atoms with E-state index in [0.717, 1.165) is 26.0 Å². The van der Waals surface area contributed by atoms with Crippen LogP contribution < -0.4 is 16.0 Å². The molecule has 1 aromatic rings. The molecule has 0 saturated carbocycles. The molecule has 0 aliphatic carbocycles. The second-order valence-electron chi connectivity index (χ2n) is 7.63. The van der Waals surface area contributed by atoms with Crippen LogP contribution in [-0.2, 0) is 27.3 Å². The van der Waals surface area contributed by atoms with E-state index in [-0.39, 0.29) is 29.9 Å². The number of amides is 2. The summed E-state index contributed by atoms with van der Waals surface area (Å²) in [5.74, 6) is -0.162. The summed E-state index contributed by atoms with van der Waals surface area (Å²) in [6, 6.07) is 7.52. The largest absolute Gasteiger partial charge is 0.376 e. The number of benzene rings is 1. The maximum Gasteiger partial charge on any atom is 0.279 e. The lowest BCUT2D eigenvalue weighted by molar-refractivity contribution is -0.695. The minimum absolute atomic E-state index is 0.0272. The summed E-state index contributed by atoms with van der Waals surface area (Å²) in [6.45, 7) is 5.99. The van der Waals surface area contributed by atoms with Gasteiger partial charge in [-0.1, -0.05) is 38.1 Å². The number of nitrogens with two attached hydrogens (primary N) is 1. The summed E-state index contributed by atoms with van der Waals surface area (Å²) in [5, 5.41) is 7.97. The Morgan fingerprint density at radius 3 is 2.73 bits per heavy atom. The highest BCUT2D eigenvalue weighted by Crippen LogP contribution is 2.14. The fraction of sp³-hybridized carbons (Fsp3) is 0.600. The second kappa shape index (κ2) is 8.64. The van der Waals surface area contributed by atoms with Crippen LogP contribution in [-0.4, -0.2) is 43.2 Å². The van der Waals surface area contributed by atoms with E-state index < -0.39 is 6.04 Å². The Hall–Kier alpha value is -1.92. The molecule has 1 aromatic carbocycles. The number of quaternary nitrogens is 1. The average molecular weight is 360 g/mol. The number of rotatable bonds is 6. The van der Waals surface area contributed by atoms with Gasteiger partial charge in [0.1, 0.15) is 12.6 Å². The maximum atomic E-state index is 12.7. The van der Waals surface area contributed by atoms with Crippen LogP contribution in [0.15, 0.2) is 24.3 Å². The van der Waals surface area contributed by atoms with Crippen molar-refractivity contribution in [2.45, 2.75) is 57.8 Å². The van der Waals surface area contributed by atoms with Gasteiger partial charge in [-0.05, 0) is 24.3 Å². The Bertz CT molecular complexity index is 641. The van der Waals surface area contributed by atoms with Gasteiger partial charge in [-0.15, -0.1) is 0 Å². The molecule has 3 rings (SSSR count). The Balaban J connectivity index is 1.55. The van der Waals surface area contributed by atoms with Gasteiger partial charge in [0.05, 0.1) is 6.10 Å². The van der Waals surface area contributed by atoms with Gasteiger partial charge >= 0.3 is 0 Å². The first-order chi connectivity index (χ1) is 12.5. The first-order valence-electron chi connectivity index (χ1n) is 9.64. The fourth-order valence-electron chi connectivity index (χ4n) is 3.67. The lowest BCUT2D eigenvalue weighted by Crippen LogP contribution is -2.93. The second-order valence-corrected chi connectivity index (χ2v) is 7.63. The van der Waals surface area contributed by atoms with Crippen LogP contribution in [0.4, 0.5) is 0 Å². The minimum Gasteiger partial charge on any atom is -0.376 e. The molecule has 2 amide bonds. The Labute approximate surface area is 155 Å². The summed E-state index contributed by atoms with van der Waals surface area (Å²) in [6.07, 6.45) is 2.83. The highest BCUT2D eigenvalue weighted by atomic mass is 16.5. The Morgan fingerprint density at radius 1 is 1.27 bits per heavy atom. The number of ether oxygens (including phenoxy) is 1. The minimum atomic E-state index is -0.519. The zero-order chi connectivity index (χ0) is 18.5. The van der Waals surface area contributed by atoms with Gasteiger partial charge in [-0.3, -0.25) is 9.59 Å². The van der Waals surface area contributed by atoms with Gasteiger partial charge in [0.25, 0.3) is 5.91 Å². The summed E-state index contributed by atoms with van der Waals surface area (Å²) in [5.41, 5.74) is 2.50. The first-order valence-corrected chi connectivity index (χ1v) is 9.64. The molecule has 2 heterocycles. The molecule has 0 aromatic heterocycles. The third-order valence-electron chi connectivity index (χ3n) is 5.29. The quantitative estimate of drug-likeness (QED) is 0.673. The summed E-state index contributed by atoms with van der Waals surface area (Å²) >= 11 is 0. The van der Waals surface area contributed by atoms with Crippen molar-refractivity contribution in [3.05, 3.63) is 35.4 Å². The standard InChI is InChI=1S/C20H29N3O3/c1-13(2)18(20(25)22-12-16-8-5-9-26-16)23-19(24)17-10-14-6-3-4-7-15(14)11-21-17/h3-4,6-7,13,16-18,21H,5,8-12H2,1-2H3,(H,22,25)(H,23,24)/p+1/t16-,17-,18-/m0/s1. The van der Waals surface area contributed by atoms with Gasteiger partial charge in [0.2, 0.25) is 5.91 Å². The van der Waals surface area contributed by atoms with E-state index in [1.165, 1.54) is 11.1 Å². The monoisotopic (exact) mass is 360 g/mol. The van der Waals surface area contributed by atoms with Crippen molar-refractivity contribution in [1.82, 2.24) is 10.6 Å². The van der Waals surface area contributed by atoms with Crippen molar-refractivity contribution < 1.29 is 19.6 Å². The topological polar surface area (TPSA) is 84.0 Å². The number of carbonyl (C=O) groups excluding carboxylic acids is 2. The highest BCUT2D eigenvalue weighted by molar-refractivity contribution is 5.89. The van der Waals surface area contributed by atoms with Crippen molar-refractivity contribution in [2.75, 3.05) is 13.2 Å². The SMILES string of the molecule is CC(C)[C@H](NC(=O)[C@@H]1Cc2ccccc2C[NH2+]1)C(=O)NC[C@@H]1CCCO1. The summed E-state index contributed by atoms with van der Waals surface area (Å²) in [4.78, 5) is 25.3. The van der Waals surface area contributed by atoms with Gasteiger partial charge in [-0.25, -0.2) is 0 Å². The van der Waals surface area contributed by atoms with Crippen molar-refractivity contribution >= 4 is 11.8 Å². The Kier molecular flexibility index (Phi) is 6.27. The highest BCUT2D eigenvalue weighted by Gasteiger charge is 2.32. The molecule has 6 nitrogen and oxygen atoms in total. The zero-order valence-corrected chi connectivity index (χ0v) is 15.7. The number of hydrogen-bond acceptors (Lipinski definition) is 3. The van der Waals surface area contributed by atoms with E-state index in [4.69, 9.17) is 4.74 Å². The number of carbonyl (C=O) groups is 2. The molecule has 0 radical (unpaired) electrons. The molecular formula is C20H30N3O3+. The predicted molar refractivity (Wildman–Crippen MR) is 98.3 cm³/mol. The lowest BCUT2D eigenvalue weighted by atomic mass is 9.94. The maximum absolute atomic E-state index is 12.7. The van der Waals surface area contributed by atoms with Gasteiger partial charge < -0.3 is 20.7 Å². The third kappa shape index (κ3) is 4.62. The van der Waals surface area contributed by atoms with Crippen molar-refractivity contribution in [3.8, 4) is 0 Å². The van der Waals surface area contributed by atoms with Crippen molar-refractivity contribution in [3.63, 3.8) is 0 Å². The molecule has 1 fully saturated rings. The summed E-state index contributed by atoms with van der Waals surface area (Å²) in [7, 11) is 0. The van der Waals surface area contributed by atoms with Crippen LogP contribution in [0.3, 0.4) is 0 Å². The van der Waals surface area contributed by atoms with Crippen LogP contribution >= 0.6 is 0 Å². The van der Waals surface area contributed by atoms with Crippen LogP contribution in [0.5, 0.6) is 0 Å². The third-order valence-corrected chi connectivity index (χ3v) is 5.29. The molecule has 0 bridgehead atoms. The number of fused-ring (bicyclic) bond motifs is 1. The molecule has 0 spiro atoms. The Morgan fingerprint density at radius 2 is 2.04 bits per heavy atom.